The number of rotatable bonds is 15. The molecule has 2 aliphatic rings. The van der Waals surface area contributed by atoms with Crippen molar-refractivity contribution in [1.82, 2.24) is 40.7 Å². The fourth-order valence-corrected chi connectivity index (χ4v) is 7.45. The number of carbonyl (C=O) groups is 6. The van der Waals surface area contributed by atoms with Crippen LogP contribution in [0.1, 0.15) is 94.4 Å². The van der Waals surface area contributed by atoms with Crippen LogP contribution in [0.25, 0.3) is 0 Å². The zero-order valence-corrected chi connectivity index (χ0v) is 37.3. The molecule has 4 heterocycles. The normalized spacial score (nSPS) is 16.7. The van der Waals surface area contributed by atoms with Crippen molar-refractivity contribution < 1.29 is 28.8 Å². The predicted octanol–water partition coefficient (Wildman–Crippen LogP) is 4.46. The lowest BCUT2D eigenvalue weighted by Crippen LogP contribution is -2.62. The Balaban J connectivity index is 1.30. The number of anilines is 4. The number of urea groups is 1. The molecule has 0 aliphatic carbocycles. The number of hydrogen-bond donors (Lipinski definition) is 4. The van der Waals surface area contributed by atoms with E-state index >= 15 is 0 Å². The summed E-state index contributed by atoms with van der Waals surface area (Å²) in [6.45, 7) is 15.0. The first kappa shape index (κ1) is 45.9. The molecule has 0 bridgehead atoms. The Morgan fingerprint density at radius 1 is 0.984 bits per heavy atom. The van der Waals surface area contributed by atoms with Crippen LogP contribution < -0.4 is 31.1 Å². The first-order valence-corrected chi connectivity index (χ1v) is 20.9. The summed E-state index contributed by atoms with van der Waals surface area (Å²) >= 11 is 0. The maximum atomic E-state index is 14.4. The van der Waals surface area contributed by atoms with Crippen LogP contribution in [0.4, 0.5) is 27.9 Å². The number of carbonyl (C=O) groups excluding carboxylic acids is 6. The average Bonchev–Trinajstić information content (AvgIpc) is 3.72. The van der Waals surface area contributed by atoms with Crippen molar-refractivity contribution in [2.45, 2.75) is 111 Å². The van der Waals surface area contributed by atoms with Gasteiger partial charge < -0.3 is 31.1 Å². The molecule has 4 N–H and O–H groups in total. The van der Waals surface area contributed by atoms with Gasteiger partial charge in [0.15, 0.2) is 0 Å². The number of nitrogens with zero attached hydrogens (tertiary/aromatic N) is 7. The Bertz CT molecular complexity index is 2140. The van der Waals surface area contributed by atoms with Crippen LogP contribution in [0.2, 0.25) is 0 Å². The van der Waals surface area contributed by atoms with Crippen molar-refractivity contribution in [3.63, 3.8) is 0 Å². The molecule has 61 heavy (non-hydrogen) atoms. The molecule has 0 saturated carbocycles. The molecule has 2 aliphatic heterocycles. The van der Waals surface area contributed by atoms with Gasteiger partial charge in [0.1, 0.15) is 29.5 Å². The molecule has 1 saturated heterocycles. The molecule has 328 valence electrons. The standard InChI is InChI=1S/C44H61N11O6/c1-12-26(4)35(40(59)54-19-13-14-33(54)38(57)51-44(7,8)41(60)48-32(20-25(2)3)39(58)52(9)10)49-37(56)29-17-15-27(5)34(21-29)55-24-30-22-46-42(50-36(30)53(11)43(55)61)47-31-18-16-28(6)45-23-31/h15-18,21-23,25-26,32-33,35H,12-14,19-20,24H2,1-11H3,(H,48,60)(H,49,56)(H,51,57)(H,46,47,50)/t26-,32-,33?,35-/m0/s1. The summed E-state index contributed by atoms with van der Waals surface area (Å²) < 4.78 is 0. The Morgan fingerprint density at radius 2 is 1.70 bits per heavy atom. The van der Waals surface area contributed by atoms with E-state index in [0.29, 0.717) is 60.9 Å². The summed E-state index contributed by atoms with van der Waals surface area (Å²) in [5.74, 6) is -1.57. The minimum Gasteiger partial charge on any atom is -0.347 e. The number of likely N-dealkylation sites (tertiary alicyclic amines) is 1. The topological polar surface area (TPSA) is 202 Å². The summed E-state index contributed by atoms with van der Waals surface area (Å²) in [5.41, 5.74) is 2.40. The van der Waals surface area contributed by atoms with Gasteiger partial charge in [-0.2, -0.15) is 4.98 Å². The monoisotopic (exact) mass is 839 g/mol. The van der Waals surface area contributed by atoms with E-state index in [9.17, 15) is 28.8 Å². The molecule has 7 amide bonds. The molecule has 4 atom stereocenters. The van der Waals surface area contributed by atoms with Gasteiger partial charge in [-0.3, -0.25) is 38.8 Å². The third-order valence-corrected chi connectivity index (χ3v) is 11.3. The van der Waals surface area contributed by atoms with E-state index in [2.05, 4.69) is 36.2 Å². The van der Waals surface area contributed by atoms with E-state index in [-0.39, 0.29) is 35.9 Å². The minimum atomic E-state index is -1.40. The molecule has 5 rings (SSSR count). The molecular formula is C44H61N11O6. The highest BCUT2D eigenvalue weighted by Gasteiger charge is 2.42. The summed E-state index contributed by atoms with van der Waals surface area (Å²) in [5, 5.41) is 11.7. The third kappa shape index (κ3) is 10.6. The van der Waals surface area contributed by atoms with Crippen LogP contribution in [-0.4, -0.2) is 112 Å². The van der Waals surface area contributed by atoms with Gasteiger partial charge >= 0.3 is 6.03 Å². The van der Waals surface area contributed by atoms with Crippen LogP contribution in [0.5, 0.6) is 0 Å². The summed E-state index contributed by atoms with van der Waals surface area (Å²) in [6.07, 6.45) is 5.26. The van der Waals surface area contributed by atoms with Crippen molar-refractivity contribution in [2.75, 3.05) is 42.8 Å². The van der Waals surface area contributed by atoms with Crippen LogP contribution >= 0.6 is 0 Å². The van der Waals surface area contributed by atoms with Gasteiger partial charge in [0, 0.05) is 56.4 Å². The van der Waals surface area contributed by atoms with E-state index in [1.807, 2.05) is 53.7 Å². The first-order valence-electron chi connectivity index (χ1n) is 20.9. The lowest BCUT2D eigenvalue weighted by Gasteiger charge is -2.35. The smallest absolute Gasteiger partial charge is 0.330 e. The number of fused-ring (bicyclic) bond motifs is 1. The average molecular weight is 840 g/mol. The minimum absolute atomic E-state index is 0.132. The number of amides is 7. The second-order valence-corrected chi connectivity index (χ2v) is 17.3. The maximum Gasteiger partial charge on any atom is 0.330 e. The maximum absolute atomic E-state index is 14.4. The highest BCUT2D eigenvalue weighted by molar-refractivity contribution is 6.07. The van der Waals surface area contributed by atoms with E-state index in [1.54, 1.807) is 70.5 Å². The van der Waals surface area contributed by atoms with Crippen molar-refractivity contribution in [1.29, 1.82) is 0 Å². The second kappa shape index (κ2) is 19.1. The van der Waals surface area contributed by atoms with Gasteiger partial charge in [-0.15, -0.1) is 0 Å². The molecule has 1 aromatic carbocycles. The second-order valence-electron chi connectivity index (χ2n) is 17.3. The van der Waals surface area contributed by atoms with E-state index in [0.717, 1.165) is 11.3 Å². The molecule has 2 aromatic heterocycles. The van der Waals surface area contributed by atoms with Crippen LogP contribution in [0.15, 0.2) is 42.7 Å². The van der Waals surface area contributed by atoms with E-state index in [1.165, 1.54) is 14.7 Å². The zero-order chi connectivity index (χ0) is 44.9. The highest BCUT2D eigenvalue weighted by Crippen LogP contribution is 2.33. The predicted molar refractivity (Wildman–Crippen MR) is 233 cm³/mol. The number of pyridine rings is 1. The lowest BCUT2D eigenvalue weighted by molar-refractivity contribution is -0.143. The van der Waals surface area contributed by atoms with Crippen LogP contribution in [0.3, 0.4) is 0 Å². The molecule has 0 radical (unpaired) electrons. The Hall–Kier alpha value is -6.13. The molecular weight excluding hydrogens is 779 g/mol. The van der Waals surface area contributed by atoms with Crippen molar-refractivity contribution in [3.8, 4) is 0 Å². The quantitative estimate of drug-likeness (QED) is 0.169. The summed E-state index contributed by atoms with van der Waals surface area (Å²) in [7, 11) is 4.88. The molecule has 1 unspecified atom stereocenters. The largest absolute Gasteiger partial charge is 0.347 e. The number of aryl methyl sites for hydroxylation is 2. The lowest BCUT2D eigenvalue weighted by atomic mass is 9.96. The number of likely N-dealkylation sites (N-methyl/N-ethyl adjacent to an activating group) is 1. The fraction of sp³-hybridized carbons (Fsp3) is 0.523. The number of benzene rings is 1. The van der Waals surface area contributed by atoms with Gasteiger partial charge in [-0.1, -0.05) is 40.2 Å². The molecule has 3 aromatic rings. The van der Waals surface area contributed by atoms with E-state index < -0.39 is 47.3 Å². The molecule has 1 fully saturated rings. The SMILES string of the molecule is CC[C@H](C)[C@H](NC(=O)c1ccc(C)c(N2Cc3cnc(Nc4ccc(C)nc4)nc3N(C)C2=O)c1)C(=O)N1CCCC1C(=O)NC(C)(C)C(=O)N[C@@H](CC(C)C)C(=O)N(C)C. The number of hydrogen-bond acceptors (Lipinski definition) is 10. The zero-order valence-electron chi connectivity index (χ0n) is 37.3. The summed E-state index contributed by atoms with van der Waals surface area (Å²) in [4.78, 5) is 102. The highest BCUT2D eigenvalue weighted by atomic mass is 16.2. The van der Waals surface area contributed by atoms with Crippen molar-refractivity contribution in [3.05, 3.63) is 65.1 Å². The first-order chi connectivity index (χ1) is 28.7. The molecule has 17 nitrogen and oxygen atoms in total. The van der Waals surface area contributed by atoms with Gasteiger partial charge in [-0.05, 0) is 88.6 Å². The van der Waals surface area contributed by atoms with Gasteiger partial charge in [0.25, 0.3) is 5.91 Å². The third-order valence-electron chi connectivity index (χ3n) is 11.3. The molecule has 17 heteroatoms. The van der Waals surface area contributed by atoms with Crippen molar-refractivity contribution in [2.24, 2.45) is 11.8 Å². The summed E-state index contributed by atoms with van der Waals surface area (Å²) in [6, 6.07) is 5.83. The van der Waals surface area contributed by atoms with Gasteiger partial charge in [0.2, 0.25) is 29.6 Å². The fourth-order valence-electron chi connectivity index (χ4n) is 7.45. The number of nitrogens with one attached hydrogen (secondary N) is 4. The van der Waals surface area contributed by atoms with E-state index in [4.69, 9.17) is 0 Å². The Morgan fingerprint density at radius 3 is 2.34 bits per heavy atom. The van der Waals surface area contributed by atoms with Crippen LogP contribution in [0, 0.1) is 25.7 Å². The van der Waals surface area contributed by atoms with Crippen LogP contribution in [-0.2, 0) is 25.7 Å². The van der Waals surface area contributed by atoms with Crippen molar-refractivity contribution >= 4 is 58.7 Å². The Kier molecular flexibility index (Phi) is 14.4. The Labute approximate surface area is 358 Å². The molecule has 0 spiro atoms. The van der Waals surface area contributed by atoms with Gasteiger partial charge in [-0.25, -0.2) is 9.78 Å². The number of aromatic nitrogens is 3. The van der Waals surface area contributed by atoms with Gasteiger partial charge in [0.05, 0.1) is 18.4 Å².